The lowest BCUT2D eigenvalue weighted by Crippen LogP contribution is -2.21. The van der Waals surface area contributed by atoms with Gasteiger partial charge in [-0.3, -0.25) is 4.79 Å². The molecule has 0 saturated heterocycles. The molecule has 0 amide bonds. The summed E-state index contributed by atoms with van der Waals surface area (Å²) in [5.41, 5.74) is 7.24. The Morgan fingerprint density at radius 3 is 2.53 bits per heavy atom. The number of ketones is 1. The molecule has 0 saturated carbocycles. The molecule has 1 unspecified atom stereocenters. The number of nitrogens with two attached hydrogens (primary N) is 1. The van der Waals surface area contributed by atoms with Gasteiger partial charge in [0.25, 0.3) is 0 Å². The number of hydrogen-bond acceptors (Lipinski definition) is 3. The first-order valence-electron chi connectivity index (χ1n) is 5.81. The zero-order valence-electron chi connectivity index (χ0n) is 10.5. The van der Waals surface area contributed by atoms with Crippen molar-refractivity contribution in [1.82, 2.24) is 0 Å². The lowest BCUT2D eigenvalue weighted by atomic mass is 9.98. The van der Waals surface area contributed by atoms with E-state index in [0.29, 0.717) is 16.3 Å². The van der Waals surface area contributed by atoms with Gasteiger partial charge in [-0.25, -0.2) is 0 Å². The van der Waals surface area contributed by atoms with E-state index in [2.05, 4.69) is 0 Å². The molecule has 4 heteroatoms. The third-order valence-electron chi connectivity index (χ3n) is 2.88. The van der Waals surface area contributed by atoms with Crippen molar-refractivity contribution >= 4 is 17.4 Å². The number of Topliss-reactive ketones (excluding diaryl/α,β-unsaturated/α-hetero) is 1. The molecule has 0 bridgehead atoms. The van der Waals surface area contributed by atoms with Gasteiger partial charge < -0.3 is 10.5 Å². The van der Waals surface area contributed by atoms with Gasteiger partial charge in [0.05, 0.1) is 18.2 Å². The van der Waals surface area contributed by atoms with Crippen LogP contribution in [0.3, 0.4) is 0 Å². The van der Waals surface area contributed by atoms with Gasteiger partial charge >= 0.3 is 0 Å². The van der Waals surface area contributed by atoms with Crippen LogP contribution in [0.2, 0.25) is 5.02 Å². The molecule has 3 nitrogen and oxygen atoms in total. The van der Waals surface area contributed by atoms with Gasteiger partial charge in [-0.2, -0.15) is 0 Å². The molecule has 0 aromatic heterocycles. The zero-order valence-corrected chi connectivity index (χ0v) is 11.2. The van der Waals surface area contributed by atoms with Crippen LogP contribution in [-0.4, -0.2) is 12.9 Å². The average Bonchev–Trinajstić information content (AvgIpc) is 2.47. The molecule has 1 atom stereocenters. The van der Waals surface area contributed by atoms with E-state index < -0.39 is 6.04 Å². The van der Waals surface area contributed by atoms with Gasteiger partial charge in [-0.05, 0) is 23.8 Å². The van der Waals surface area contributed by atoms with Crippen LogP contribution < -0.4 is 10.5 Å². The monoisotopic (exact) mass is 275 g/mol. The molecule has 98 valence electrons. The number of rotatable bonds is 4. The average molecular weight is 276 g/mol. The van der Waals surface area contributed by atoms with Crippen LogP contribution in [0.15, 0.2) is 48.5 Å². The van der Waals surface area contributed by atoms with Gasteiger partial charge in [-0.1, -0.05) is 41.9 Å². The number of ether oxygens (including phenoxy) is 1. The summed E-state index contributed by atoms with van der Waals surface area (Å²) in [5.74, 6) is 0.300. The Bertz CT molecular complexity index is 584. The molecule has 0 radical (unpaired) electrons. The normalized spacial score (nSPS) is 11.9. The second-order valence-electron chi connectivity index (χ2n) is 4.10. The highest BCUT2D eigenvalue weighted by Gasteiger charge is 2.18. The van der Waals surface area contributed by atoms with Gasteiger partial charge in [0.15, 0.2) is 5.78 Å². The molecule has 2 rings (SSSR count). The molecule has 0 aliphatic heterocycles. The number of benzene rings is 2. The molecule has 19 heavy (non-hydrogen) atoms. The van der Waals surface area contributed by atoms with Crippen molar-refractivity contribution in [3.05, 3.63) is 64.7 Å². The number of halogens is 1. The SMILES string of the molecule is COc1cc(C(=O)C(N)c2ccccc2)ccc1Cl. The number of carbonyl (C=O) groups excluding carboxylic acids is 1. The highest BCUT2D eigenvalue weighted by Crippen LogP contribution is 2.27. The molecular weight excluding hydrogens is 262 g/mol. The minimum Gasteiger partial charge on any atom is -0.495 e. The van der Waals surface area contributed by atoms with Crippen molar-refractivity contribution in [2.24, 2.45) is 5.73 Å². The van der Waals surface area contributed by atoms with E-state index in [0.717, 1.165) is 5.56 Å². The van der Waals surface area contributed by atoms with Crippen LogP contribution in [0.5, 0.6) is 5.75 Å². The summed E-state index contributed by atoms with van der Waals surface area (Å²) in [7, 11) is 1.51. The lowest BCUT2D eigenvalue weighted by molar-refractivity contribution is 0.0961. The maximum absolute atomic E-state index is 12.3. The van der Waals surface area contributed by atoms with Crippen LogP contribution >= 0.6 is 11.6 Å². The second kappa shape index (κ2) is 5.87. The summed E-state index contributed by atoms with van der Waals surface area (Å²) in [4.78, 5) is 12.3. The van der Waals surface area contributed by atoms with E-state index >= 15 is 0 Å². The molecule has 2 aromatic carbocycles. The van der Waals surface area contributed by atoms with Crippen molar-refractivity contribution in [2.75, 3.05) is 7.11 Å². The highest BCUT2D eigenvalue weighted by molar-refractivity contribution is 6.32. The molecule has 2 N–H and O–H groups in total. The summed E-state index contributed by atoms with van der Waals surface area (Å²) in [5, 5.41) is 0.465. The van der Waals surface area contributed by atoms with E-state index in [4.69, 9.17) is 22.1 Å². The molecule has 0 spiro atoms. The predicted molar refractivity (Wildman–Crippen MR) is 75.7 cm³/mol. The first-order chi connectivity index (χ1) is 9.13. The molecule has 0 aliphatic rings. The predicted octanol–water partition coefficient (Wildman–Crippen LogP) is 3.23. The smallest absolute Gasteiger partial charge is 0.184 e. The topological polar surface area (TPSA) is 52.3 Å². The summed E-state index contributed by atoms with van der Waals surface area (Å²) in [6.07, 6.45) is 0. The van der Waals surface area contributed by atoms with E-state index in [1.807, 2.05) is 30.3 Å². The van der Waals surface area contributed by atoms with Gasteiger partial charge in [0.1, 0.15) is 5.75 Å². The second-order valence-corrected chi connectivity index (χ2v) is 4.51. The van der Waals surface area contributed by atoms with Gasteiger partial charge in [0.2, 0.25) is 0 Å². The quantitative estimate of drug-likeness (QED) is 0.872. The van der Waals surface area contributed by atoms with Crippen LogP contribution in [0, 0.1) is 0 Å². The summed E-state index contributed by atoms with van der Waals surface area (Å²) in [6, 6.07) is 13.4. The third-order valence-corrected chi connectivity index (χ3v) is 3.19. The number of carbonyl (C=O) groups is 1. The molecular formula is C15H14ClNO2. The standard InChI is InChI=1S/C15H14ClNO2/c1-19-13-9-11(7-8-12(13)16)15(18)14(17)10-5-3-2-4-6-10/h2-9,14H,17H2,1H3. The Kier molecular flexibility index (Phi) is 4.20. The summed E-state index contributed by atoms with van der Waals surface area (Å²) < 4.78 is 5.10. The molecule has 0 aliphatic carbocycles. The van der Waals surface area contributed by atoms with Crippen LogP contribution in [0.4, 0.5) is 0 Å². The lowest BCUT2D eigenvalue weighted by Gasteiger charge is -2.12. The third kappa shape index (κ3) is 2.95. The van der Waals surface area contributed by atoms with E-state index in [1.165, 1.54) is 7.11 Å². The Morgan fingerprint density at radius 1 is 1.21 bits per heavy atom. The van der Waals surface area contributed by atoms with Crippen molar-refractivity contribution in [2.45, 2.75) is 6.04 Å². The fraction of sp³-hybridized carbons (Fsp3) is 0.133. The molecule has 2 aromatic rings. The number of methoxy groups -OCH3 is 1. The van der Waals surface area contributed by atoms with E-state index in [-0.39, 0.29) is 5.78 Å². The van der Waals surface area contributed by atoms with Crippen LogP contribution in [0.25, 0.3) is 0 Å². The number of hydrogen-bond donors (Lipinski definition) is 1. The zero-order chi connectivity index (χ0) is 13.8. The Hall–Kier alpha value is -1.84. The largest absolute Gasteiger partial charge is 0.495 e. The van der Waals surface area contributed by atoms with Crippen LogP contribution in [-0.2, 0) is 0 Å². The molecule has 0 heterocycles. The van der Waals surface area contributed by atoms with Crippen molar-refractivity contribution in [3.8, 4) is 5.75 Å². The molecule has 0 fully saturated rings. The Balaban J connectivity index is 2.29. The fourth-order valence-corrected chi connectivity index (χ4v) is 2.00. The van der Waals surface area contributed by atoms with Gasteiger partial charge in [0, 0.05) is 5.56 Å². The van der Waals surface area contributed by atoms with Gasteiger partial charge in [-0.15, -0.1) is 0 Å². The van der Waals surface area contributed by atoms with Crippen molar-refractivity contribution in [3.63, 3.8) is 0 Å². The minimum absolute atomic E-state index is 0.166. The maximum atomic E-state index is 12.3. The fourth-order valence-electron chi connectivity index (χ4n) is 1.80. The minimum atomic E-state index is -0.688. The highest BCUT2D eigenvalue weighted by atomic mass is 35.5. The van der Waals surface area contributed by atoms with E-state index in [9.17, 15) is 4.79 Å². The first kappa shape index (κ1) is 13.6. The maximum Gasteiger partial charge on any atom is 0.184 e. The summed E-state index contributed by atoms with van der Waals surface area (Å²) >= 11 is 5.93. The van der Waals surface area contributed by atoms with Crippen molar-refractivity contribution in [1.29, 1.82) is 0 Å². The Morgan fingerprint density at radius 2 is 1.89 bits per heavy atom. The van der Waals surface area contributed by atoms with Crippen LogP contribution in [0.1, 0.15) is 22.0 Å². The first-order valence-corrected chi connectivity index (χ1v) is 6.19. The Labute approximate surface area is 117 Å². The summed E-state index contributed by atoms with van der Waals surface area (Å²) in [6.45, 7) is 0. The van der Waals surface area contributed by atoms with Crippen molar-refractivity contribution < 1.29 is 9.53 Å². The van der Waals surface area contributed by atoms with E-state index in [1.54, 1.807) is 18.2 Å².